The van der Waals surface area contributed by atoms with E-state index in [0.717, 1.165) is 18.4 Å². The Kier molecular flexibility index (Phi) is 4.11. The van der Waals surface area contributed by atoms with E-state index in [9.17, 15) is 14.9 Å². The summed E-state index contributed by atoms with van der Waals surface area (Å²) in [5, 5.41) is 15.7. The van der Waals surface area contributed by atoms with E-state index in [-0.39, 0.29) is 11.4 Å². The Morgan fingerprint density at radius 3 is 2.91 bits per heavy atom. The monoisotopic (exact) mass is 398 g/mol. The summed E-state index contributed by atoms with van der Waals surface area (Å²) in [5.74, 6) is -0.485. The summed E-state index contributed by atoms with van der Waals surface area (Å²) >= 11 is 9.49. The summed E-state index contributed by atoms with van der Waals surface area (Å²) in [6.45, 7) is 0.472. The molecule has 0 bridgehead atoms. The lowest BCUT2D eigenvalue weighted by Gasteiger charge is -2.30. The lowest BCUT2D eigenvalue weighted by molar-refractivity contribution is -0.385. The van der Waals surface area contributed by atoms with Gasteiger partial charge in [-0.3, -0.25) is 19.6 Å². The summed E-state index contributed by atoms with van der Waals surface area (Å²) in [6.07, 6.45) is 2.78. The summed E-state index contributed by atoms with van der Waals surface area (Å²) in [4.78, 5) is 24.9. The zero-order chi connectivity index (χ0) is 16.7. The van der Waals surface area contributed by atoms with Gasteiger partial charge < -0.3 is 4.90 Å². The number of halogens is 2. The molecular weight excluding hydrogens is 388 g/mol. The van der Waals surface area contributed by atoms with E-state index < -0.39 is 10.8 Å². The van der Waals surface area contributed by atoms with Gasteiger partial charge in [0, 0.05) is 23.1 Å². The summed E-state index contributed by atoms with van der Waals surface area (Å²) in [7, 11) is 1.55. The predicted molar refractivity (Wildman–Crippen MR) is 89.0 cm³/mol. The van der Waals surface area contributed by atoms with Crippen LogP contribution in [0.3, 0.4) is 0 Å². The summed E-state index contributed by atoms with van der Waals surface area (Å²) in [5.41, 5.74) is 1.18. The van der Waals surface area contributed by atoms with E-state index in [0.29, 0.717) is 21.7 Å². The van der Waals surface area contributed by atoms with Crippen LogP contribution in [0.5, 0.6) is 0 Å². The van der Waals surface area contributed by atoms with Crippen molar-refractivity contribution in [2.45, 2.75) is 12.8 Å². The van der Waals surface area contributed by atoms with Crippen LogP contribution in [-0.2, 0) is 13.5 Å². The molecule has 3 rings (SSSR count). The molecule has 0 saturated carbocycles. The third-order valence-electron chi connectivity index (χ3n) is 3.66. The Labute approximate surface area is 145 Å². The molecule has 1 aliphatic heterocycles. The Balaban J connectivity index is 2.08. The molecule has 0 spiro atoms. The predicted octanol–water partition coefficient (Wildman–Crippen LogP) is 3.34. The van der Waals surface area contributed by atoms with Crippen molar-refractivity contribution in [2.75, 3.05) is 11.4 Å². The number of hydrogen-bond donors (Lipinski definition) is 0. The number of carbonyl (C=O) groups is 1. The molecule has 0 fully saturated rings. The maximum atomic E-state index is 12.8. The van der Waals surface area contributed by atoms with Crippen molar-refractivity contribution in [3.63, 3.8) is 0 Å². The fourth-order valence-electron chi connectivity index (χ4n) is 2.74. The first-order chi connectivity index (χ1) is 10.9. The van der Waals surface area contributed by atoms with E-state index in [1.165, 1.54) is 15.8 Å². The normalized spacial score (nSPS) is 13.8. The molecule has 1 aromatic heterocycles. The minimum atomic E-state index is -0.595. The fourth-order valence-corrected chi connectivity index (χ4v) is 3.83. The zero-order valence-corrected chi connectivity index (χ0v) is 14.5. The van der Waals surface area contributed by atoms with Gasteiger partial charge in [-0.1, -0.05) is 11.6 Å². The molecule has 1 aromatic carbocycles. The van der Waals surface area contributed by atoms with E-state index in [1.807, 2.05) is 6.07 Å². The molecule has 7 nitrogen and oxygen atoms in total. The molecule has 23 heavy (non-hydrogen) atoms. The molecule has 0 aliphatic carbocycles. The maximum absolute atomic E-state index is 12.8. The molecule has 0 saturated heterocycles. The van der Waals surface area contributed by atoms with Gasteiger partial charge in [-0.15, -0.1) is 0 Å². The van der Waals surface area contributed by atoms with Crippen LogP contribution in [0, 0.1) is 10.1 Å². The molecular formula is C14H12BrClN4O3. The minimum Gasteiger partial charge on any atom is -0.305 e. The lowest BCUT2D eigenvalue weighted by atomic mass is 10.0. The van der Waals surface area contributed by atoms with Crippen LogP contribution in [0.4, 0.5) is 11.4 Å². The van der Waals surface area contributed by atoms with Gasteiger partial charge in [-0.2, -0.15) is 5.10 Å². The number of rotatable bonds is 2. The minimum absolute atomic E-state index is 0.160. The second-order valence-electron chi connectivity index (χ2n) is 5.25. The summed E-state index contributed by atoms with van der Waals surface area (Å²) in [6, 6.07) is 3.52. The Hall–Kier alpha value is -1.93. The van der Waals surface area contributed by atoms with Crippen LogP contribution in [0.2, 0.25) is 5.02 Å². The highest BCUT2D eigenvalue weighted by atomic mass is 79.9. The third-order valence-corrected chi connectivity index (χ3v) is 4.48. The van der Waals surface area contributed by atoms with Crippen molar-refractivity contribution in [3.05, 3.63) is 49.2 Å². The topological polar surface area (TPSA) is 81.3 Å². The molecule has 0 unspecified atom stereocenters. The first-order valence-corrected chi connectivity index (χ1v) is 8.03. The highest BCUT2D eigenvalue weighted by Gasteiger charge is 2.33. The molecule has 2 heterocycles. The molecule has 9 heteroatoms. The van der Waals surface area contributed by atoms with Crippen molar-refractivity contribution in [3.8, 4) is 0 Å². The lowest BCUT2D eigenvalue weighted by Crippen LogP contribution is -2.36. The van der Waals surface area contributed by atoms with Crippen molar-refractivity contribution < 1.29 is 9.72 Å². The smallest absolute Gasteiger partial charge is 0.305 e. The number of hydrogen-bond acceptors (Lipinski definition) is 4. The zero-order valence-electron chi connectivity index (χ0n) is 12.1. The first kappa shape index (κ1) is 15.9. The number of carbonyl (C=O) groups excluding carboxylic acids is 1. The number of aryl methyl sites for hydroxylation is 2. The highest BCUT2D eigenvalue weighted by Crippen LogP contribution is 2.38. The standard InChI is InChI=1S/C14H12BrClN4O3/c1-18-7-11(20(22)23)12(17-18)14(21)19-4-2-3-8-5-9(16)6-10(15)13(8)19/h5-7H,2-4H2,1H3. The highest BCUT2D eigenvalue weighted by molar-refractivity contribution is 9.10. The molecule has 2 aromatic rings. The average molecular weight is 400 g/mol. The van der Waals surface area contributed by atoms with Crippen LogP contribution in [0.1, 0.15) is 22.5 Å². The molecule has 0 N–H and O–H groups in total. The van der Waals surface area contributed by atoms with Gasteiger partial charge in [0.15, 0.2) is 0 Å². The first-order valence-electron chi connectivity index (χ1n) is 6.86. The largest absolute Gasteiger partial charge is 0.320 e. The van der Waals surface area contributed by atoms with Gasteiger partial charge in [0.1, 0.15) is 6.20 Å². The van der Waals surface area contributed by atoms with Gasteiger partial charge >= 0.3 is 5.69 Å². The van der Waals surface area contributed by atoms with Crippen LogP contribution in [0.15, 0.2) is 22.8 Å². The van der Waals surface area contributed by atoms with Crippen LogP contribution < -0.4 is 4.90 Å². The van der Waals surface area contributed by atoms with E-state index in [1.54, 1.807) is 13.1 Å². The second kappa shape index (κ2) is 5.93. The third kappa shape index (κ3) is 2.84. The van der Waals surface area contributed by atoms with Crippen LogP contribution in [0.25, 0.3) is 0 Å². The van der Waals surface area contributed by atoms with E-state index in [4.69, 9.17) is 11.6 Å². The maximum Gasteiger partial charge on any atom is 0.320 e. The van der Waals surface area contributed by atoms with Gasteiger partial charge in [0.2, 0.25) is 5.69 Å². The molecule has 120 valence electrons. The van der Waals surface area contributed by atoms with Crippen LogP contribution >= 0.6 is 27.5 Å². The summed E-state index contributed by atoms with van der Waals surface area (Å²) < 4.78 is 1.96. The molecule has 0 radical (unpaired) electrons. The number of aromatic nitrogens is 2. The van der Waals surface area contributed by atoms with Crippen molar-refractivity contribution >= 4 is 44.8 Å². The fraction of sp³-hybridized carbons (Fsp3) is 0.286. The number of amides is 1. The van der Waals surface area contributed by atoms with Gasteiger partial charge in [0.25, 0.3) is 5.91 Å². The molecule has 1 amide bonds. The quantitative estimate of drug-likeness (QED) is 0.573. The van der Waals surface area contributed by atoms with Gasteiger partial charge in [-0.05, 0) is 46.5 Å². The number of nitro groups is 1. The van der Waals surface area contributed by atoms with Crippen molar-refractivity contribution in [2.24, 2.45) is 7.05 Å². The number of nitrogens with zero attached hydrogens (tertiary/aromatic N) is 4. The number of benzene rings is 1. The van der Waals surface area contributed by atoms with E-state index in [2.05, 4.69) is 21.0 Å². The second-order valence-corrected chi connectivity index (χ2v) is 6.54. The van der Waals surface area contributed by atoms with Gasteiger partial charge in [0.05, 0.1) is 10.6 Å². The Bertz CT molecular complexity index is 821. The SMILES string of the molecule is Cn1cc([N+](=O)[O-])c(C(=O)N2CCCc3cc(Cl)cc(Br)c32)n1. The molecule has 0 atom stereocenters. The van der Waals surface area contributed by atoms with Crippen LogP contribution in [-0.4, -0.2) is 27.2 Å². The van der Waals surface area contributed by atoms with E-state index >= 15 is 0 Å². The Morgan fingerprint density at radius 1 is 1.48 bits per heavy atom. The van der Waals surface area contributed by atoms with Crippen molar-refractivity contribution in [1.82, 2.24) is 9.78 Å². The average Bonchev–Trinajstić information content (AvgIpc) is 2.87. The molecule has 1 aliphatic rings. The Morgan fingerprint density at radius 2 is 2.22 bits per heavy atom. The number of fused-ring (bicyclic) bond motifs is 1. The van der Waals surface area contributed by atoms with Gasteiger partial charge in [-0.25, -0.2) is 0 Å². The van der Waals surface area contributed by atoms with Crippen molar-refractivity contribution in [1.29, 1.82) is 0 Å². The number of anilines is 1.